The van der Waals surface area contributed by atoms with E-state index in [1.165, 1.54) is 0 Å². The van der Waals surface area contributed by atoms with Crippen LogP contribution in [0.3, 0.4) is 0 Å². The number of aliphatic hydroxyl groups is 1. The van der Waals surface area contributed by atoms with Crippen LogP contribution in [-0.4, -0.2) is 36.8 Å². The second-order valence-corrected chi connectivity index (χ2v) is 5.76. The van der Waals surface area contributed by atoms with Crippen LogP contribution in [0.4, 0.5) is 0 Å². The van der Waals surface area contributed by atoms with Crippen LogP contribution in [0.25, 0.3) is 0 Å². The summed E-state index contributed by atoms with van der Waals surface area (Å²) >= 11 is 0. The van der Waals surface area contributed by atoms with Gasteiger partial charge in [-0.3, -0.25) is 4.57 Å². The first kappa shape index (κ1) is 15.1. The molecule has 0 spiro atoms. The van der Waals surface area contributed by atoms with Crippen LogP contribution in [0.1, 0.15) is 27.7 Å². The standard InChI is InChI=1S/C9H22NO4P/c1-8(2)13-15(12,14-9(3)4)7-10-5-6-11/h8-11H,5-7H2,1-4H3. The average molecular weight is 239 g/mol. The van der Waals surface area contributed by atoms with E-state index in [9.17, 15) is 4.57 Å². The van der Waals surface area contributed by atoms with E-state index in [1.807, 2.05) is 27.7 Å². The first-order valence-electron chi connectivity index (χ1n) is 5.17. The van der Waals surface area contributed by atoms with Crippen LogP contribution >= 0.6 is 7.60 Å². The van der Waals surface area contributed by atoms with Gasteiger partial charge in [0.1, 0.15) is 0 Å². The molecule has 0 saturated carbocycles. The Kier molecular flexibility index (Phi) is 7.40. The van der Waals surface area contributed by atoms with Crippen molar-refractivity contribution in [2.24, 2.45) is 0 Å². The maximum Gasteiger partial charge on any atom is 0.344 e. The molecule has 0 aliphatic carbocycles. The second-order valence-electron chi connectivity index (χ2n) is 3.80. The third-order valence-corrected chi connectivity index (χ3v) is 3.43. The SMILES string of the molecule is CC(C)OP(=O)(CNCCO)OC(C)C. The van der Waals surface area contributed by atoms with E-state index < -0.39 is 7.60 Å². The number of hydrogen-bond donors (Lipinski definition) is 2. The predicted octanol–water partition coefficient (Wildman–Crippen LogP) is 1.57. The molecule has 0 rings (SSSR count). The minimum Gasteiger partial charge on any atom is -0.395 e. The van der Waals surface area contributed by atoms with Crippen LogP contribution in [0.15, 0.2) is 0 Å². The van der Waals surface area contributed by atoms with Gasteiger partial charge >= 0.3 is 7.60 Å². The molecular weight excluding hydrogens is 217 g/mol. The minimum atomic E-state index is -3.08. The molecule has 0 atom stereocenters. The molecule has 15 heavy (non-hydrogen) atoms. The van der Waals surface area contributed by atoms with Crippen LogP contribution in [0.5, 0.6) is 0 Å². The Morgan fingerprint density at radius 3 is 2.00 bits per heavy atom. The molecule has 0 saturated heterocycles. The smallest absolute Gasteiger partial charge is 0.344 e. The molecule has 6 heteroatoms. The van der Waals surface area contributed by atoms with Gasteiger partial charge in [-0.25, -0.2) is 0 Å². The summed E-state index contributed by atoms with van der Waals surface area (Å²) in [6, 6.07) is 0. The summed E-state index contributed by atoms with van der Waals surface area (Å²) in [6.45, 7) is 7.62. The third kappa shape index (κ3) is 7.94. The Balaban J connectivity index is 4.21. The molecule has 0 unspecified atom stereocenters. The quantitative estimate of drug-likeness (QED) is 0.497. The van der Waals surface area contributed by atoms with Crippen molar-refractivity contribution in [2.45, 2.75) is 39.9 Å². The van der Waals surface area contributed by atoms with E-state index in [4.69, 9.17) is 14.2 Å². The van der Waals surface area contributed by atoms with Gasteiger partial charge in [-0.2, -0.15) is 0 Å². The number of rotatable bonds is 8. The van der Waals surface area contributed by atoms with Crippen molar-refractivity contribution in [1.82, 2.24) is 5.32 Å². The zero-order chi connectivity index (χ0) is 11.9. The first-order chi connectivity index (χ1) is 6.89. The van der Waals surface area contributed by atoms with Gasteiger partial charge in [0.05, 0.1) is 25.1 Å². The molecule has 2 N–H and O–H groups in total. The highest BCUT2D eigenvalue weighted by atomic mass is 31.2. The summed E-state index contributed by atoms with van der Waals surface area (Å²) in [5.74, 6) is 0. The maximum atomic E-state index is 12.1. The van der Waals surface area contributed by atoms with E-state index in [-0.39, 0.29) is 25.1 Å². The molecule has 0 amide bonds. The Hall–Kier alpha value is 0.0700. The van der Waals surface area contributed by atoms with Crippen LogP contribution in [-0.2, 0) is 13.6 Å². The van der Waals surface area contributed by atoms with Crippen molar-refractivity contribution in [1.29, 1.82) is 0 Å². The average Bonchev–Trinajstić information content (AvgIpc) is 2.00. The summed E-state index contributed by atoms with van der Waals surface area (Å²) in [7, 11) is -3.08. The largest absolute Gasteiger partial charge is 0.395 e. The van der Waals surface area contributed by atoms with Crippen molar-refractivity contribution in [2.75, 3.05) is 19.4 Å². The Labute approximate surface area is 91.7 Å². The van der Waals surface area contributed by atoms with Crippen molar-refractivity contribution in [3.8, 4) is 0 Å². The lowest BCUT2D eigenvalue weighted by Crippen LogP contribution is -2.23. The van der Waals surface area contributed by atoms with E-state index in [1.54, 1.807) is 0 Å². The number of nitrogens with one attached hydrogen (secondary N) is 1. The van der Waals surface area contributed by atoms with Gasteiger partial charge in [0.15, 0.2) is 0 Å². The molecule has 0 aliphatic rings. The molecule has 5 nitrogen and oxygen atoms in total. The topological polar surface area (TPSA) is 67.8 Å². The van der Waals surface area contributed by atoms with Crippen LogP contribution in [0.2, 0.25) is 0 Å². The molecule has 0 fully saturated rings. The molecule has 0 heterocycles. The van der Waals surface area contributed by atoms with E-state index >= 15 is 0 Å². The van der Waals surface area contributed by atoms with Crippen molar-refractivity contribution in [3.63, 3.8) is 0 Å². The molecule has 0 radical (unpaired) electrons. The molecule has 0 aromatic rings. The van der Waals surface area contributed by atoms with Crippen molar-refractivity contribution >= 4 is 7.60 Å². The van der Waals surface area contributed by atoms with Gasteiger partial charge in [0, 0.05) is 6.54 Å². The summed E-state index contributed by atoms with van der Waals surface area (Å²) < 4.78 is 22.7. The fraction of sp³-hybridized carbons (Fsp3) is 1.00. The van der Waals surface area contributed by atoms with Gasteiger partial charge in [-0.05, 0) is 27.7 Å². The zero-order valence-electron chi connectivity index (χ0n) is 9.90. The minimum absolute atomic E-state index is 0.00333. The first-order valence-corrected chi connectivity index (χ1v) is 6.90. The lowest BCUT2D eigenvalue weighted by Gasteiger charge is -2.22. The van der Waals surface area contributed by atoms with Gasteiger partial charge in [-0.1, -0.05) is 0 Å². The monoisotopic (exact) mass is 239 g/mol. The summed E-state index contributed by atoms with van der Waals surface area (Å²) in [6.07, 6.45) is -0.166. The van der Waals surface area contributed by atoms with Crippen molar-refractivity contribution in [3.05, 3.63) is 0 Å². The Morgan fingerprint density at radius 1 is 1.20 bits per heavy atom. The van der Waals surface area contributed by atoms with E-state index in [0.717, 1.165) is 0 Å². The van der Waals surface area contributed by atoms with E-state index in [2.05, 4.69) is 5.32 Å². The third-order valence-electron chi connectivity index (χ3n) is 1.34. The van der Waals surface area contributed by atoms with Gasteiger partial charge in [-0.15, -0.1) is 0 Å². The summed E-state index contributed by atoms with van der Waals surface area (Å²) in [4.78, 5) is 0. The summed E-state index contributed by atoms with van der Waals surface area (Å²) in [5, 5.41) is 11.4. The van der Waals surface area contributed by atoms with E-state index in [0.29, 0.717) is 6.54 Å². The highest BCUT2D eigenvalue weighted by Crippen LogP contribution is 2.49. The molecule has 0 aliphatic heterocycles. The molecule has 0 aromatic heterocycles. The lowest BCUT2D eigenvalue weighted by atomic mass is 10.5. The second kappa shape index (κ2) is 7.36. The number of aliphatic hydroxyl groups excluding tert-OH is 1. The fourth-order valence-electron chi connectivity index (χ4n) is 1.04. The molecule has 92 valence electrons. The van der Waals surface area contributed by atoms with Crippen molar-refractivity contribution < 1.29 is 18.7 Å². The predicted molar refractivity (Wildman–Crippen MR) is 60.0 cm³/mol. The summed E-state index contributed by atoms with van der Waals surface area (Å²) in [5.41, 5.74) is 0. The van der Waals surface area contributed by atoms with Gasteiger partial charge < -0.3 is 19.5 Å². The number of hydrogen-bond acceptors (Lipinski definition) is 5. The highest BCUT2D eigenvalue weighted by Gasteiger charge is 2.26. The van der Waals surface area contributed by atoms with Crippen LogP contribution < -0.4 is 5.32 Å². The maximum absolute atomic E-state index is 12.1. The van der Waals surface area contributed by atoms with Gasteiger partial charge in [0.2, 0.25) is 0 Å². The highest BCUT2D eigenvalue weighted by molar-refractivity contribution is 7.53. The normalized spacial score (nSPS) is 12.7. The molecular formula is C9H22NO4P. The van der Waals surface area contributed by atoms with Crippen LogP contribution in [0, 0.1) is 0 Å². The lowest BCUT2D eigenvalue weighted by molar-refractivity contribution is 0.141. The molecule has 0 bridgehead atoms. The Bertz CT molecular complexity index is 194. The van der Waals surface area contributed by atoms with Gasteiger partial charge in [0.25, 0.3) is 0 Å². The Morgan fingerprint density at radius 2 is 1.67 bits per heavy atom. The zero-order valence-corrected chi connectivity index (χ0v) is 10.8. The molecule has 0 aromatic carbocycles. The fourth-order valence-corrected chi connectivity index (χ4v) is 2.95.